The maximum atomic E-state index is 12.5. The Kier molecular flexibility index (Phi) is 5.38. The van der Waals surface area contributed by atoms with Crippen LogP contribution in [0.1, 0.15) is 26.7 Å². The van der Waals surface area contributed by atoms with Crippen LogP contribution in [0.2, 0.25) is 0 Å². The van der Waals surface area contributed by atoms with Crippen molar-refractivity contribution in [1.29, 1.82) is 5.26 Å². The first kappa shape index (κ1) is 16.0. The number of morpholine rings is 1. The van der Waals surface area contributed by atoms with Gasteiger partial charge < -0.3 is 9.64 Å². The minimum absolute atomic E-state index is 0.144. The normalized spacial score (nSPS) is 22.0. The molecule has 2 fully saturated rings. The van der Waals surface area contributed by atoms with E-state index in [0.717, 1.165) is 32.5 Å². The maximum absolute atomic E-state index is 12.5. The van der Waals surface area contributed by atoms with Crippen molar-refractivity contribution in [3.05, 3.63) is 18.1 Å². The Balaban J connectivity index is 2.10. The average Bonchev–Trinajstić information content (AvgIpc) is 2.53. The summed E-state index contributed by atoms with van der Waals surface area (Å²) in [6, 6.07) is 2.09. The van der Waals surface area contributed by atoms with Crippen LogP contribution in [0.5, 0.6) is 0 Å². The monoisotopic (exact) mass is 290 g/mol. The molecule has 2 rings (SSSR count). The van der Waals surface area contributed by atoms with Gasteiger partial charge in [0.1, 0.15) is 11.6 Å². The highest BCUT2D eigenvalue weighted by molar-refractivity contribution is 5.97. The molecule has 0 aromatic rings. The first-order valence-corrected chi connectivity index (χ1v) is 7.61. The van der Waals surface area contributed by atoms with Crippen molar-refractivity contribution in [2.24, 2.45) is 0 Å². The lowest BCUT2D eigenvalue weighted by Crippen LogP contribution is -2.49. The fraction of sp³-hybridized carbons (Fsp3) is 0.688. The summed E-state index contributed by atoms with van der Waals surface area (Å²) in [5.41, 5.74) is -0.0638. The van der Waals surface area contributed by atoms with E-state index < -0.39 is 0 Å². The molecule has 1 amide bonds. The third-order valence-corrected chi connectivity index (χ3v) is 4.15. The van der Waals surface area contributed by atoms with Gasteiger partial charge in [-0.3, -0.25) is 9.69 Å². The van der Waals surface area contributed by atoms with Gasteiger partial charge >= 0.3 is 0 Å². The van der Waals surface area contributed by atoms with E-state index in [-0.39, 0.29) is 17.0 Å². The SMILES string of the molecule is CC(C)(C=C(C#N)C(=O)N1C[CH]CCC1)N1CCOCC1. The van der Waals surface area contributed by atoms with Crippen LogP contribution in [0.25, 0.3) is 0 Å². The van der Waals surface area contributed by atoms with Gasteiger partial charge in [-0.15, -0.1) is 0 Å². The summed E-state index contributed by atoms with van der Waals surface area (Å²) in [6.45, 7) is 8.54. The van der Waals surface area contributed by atoms with Gasteiger partial charge in [0.2, 0.25) is 0 Å². The van der Waals surface area contributed by atoms with Crippen LogP contribution in [0.3, 0.4) is 0 Å². The number of ether oxygens (including phenoxy) is 1. The number of carbonyl (C=O) groups is 1. The first-order valence-electron chi connectivity index (χ1n) is 7.61. The number of nitriles is 1. The predicted molar refractivity (Wildman–Crippen MR) is 80.3 cm³/mol. The molecule has 0 N–H and O–H groups in total. The van der Waals surface area contributed by atoms with Crippen molar-refractivity contribution in [3.8, 4) is 6.07 Å². The molecule has 2 heterocycles. The smallest absolute Gasteiger partial charge is 0.264 e. The van der Waals surface area contributed by atoms with Gasteiger partial charge in [0.15, 0.2) is 0 Å². The van der Waals surface area contributed by atoms with Gasteiger partial charge in [-0.2, -0.15) is 5.26 Å². The maximum Gasteiger partial charge on any atom is 0.264 e. The van der Waals surface area contributed by atoms with E-state index >= 15 is 0 Å². The minimum atomic E-state index is -0.315. The highest BCUT2D eigenvalue weighted by Gasteiger charge is 2.29. The van der Waals surface area contributed by atoms with Crippen LogP contribution >= 0.6 is 0 Å². The number of hydrogen-bond acceptors (Lipinski definition) is 4. The molecule has 5 nitrogen and oxygen atoms in total. The summed E-state index contributed by atoms with van der Waals surface area (Å²) in [4.78, 5) is 16.5. The van der Waals surface area contributed by atoms with E-state index in [0.29, 0.717) is 19.8 Å². The number of rotatable bonds is 3. The van der Waals surface area contributed by atoms with Crippen molar-refractivity contribution in [3.63, 3.8) is 0 Å². The molecule has 0 saturated carbocycles. The topological polar surface area (TPSA) is 56.6 Å². The van der Waals surface area contributed by atoms with Crippen LogP contribution < -0.4 is 0 Å². The second-order valence-electron chi connectivity index (χ2n) is 6.10. The fourth-order valence-corrected chi connectivity index (χ4v) is 2.85. The number of carbonyl (C=O) groups excluding carboxylic acids is 1. The Morgan fingerprint density at radius 2 is 2.05 bits per heavy atom. The first-order chi connectivity index (χ1) is 10.0. The quantitative estimate of drug-likeness (QED) is 0.582. The van der Waals surface area contributed by atoms with Crippen LogP contribution in [0.4, 0.5) is 0 Å². The Morgan fingerprint density at radius 3 is 2.62 bits per heavy atom. The molecular weight excluding hydrogens is 266 g/mol. The van der Waals surface area contributed by atoms with E-state index in [2.05, 4.69) is 17.4 Å². The van der Waals surface area contributed by atoms with E-state index in [9.17, 15) is 10.1 Å². The second kappa shape index (κ2) is 7.06. The number of amides is 1. The Morgan fingerprint density at radius 1 is 1.33 bits per heavy atom. The number of likely N-dealkylation sites (tertiary alicyclic amines) is 1. The van der Waals surface area contributed by atoms with Gasteiger partial charge in [0.05, 0.1) is 13.2 Å². The zero-order valence-electron chi connectivity index (χ0n) is 13.0. The number of nitrogens with zero attached hydrogens (tertiary/aromatic N) is 3. The van der Waals surface area contributed by atoms with E-state index in [4.69, 9.17) is 4.74 Å². The largest absolute Gasteiger partial charge is 0.379 e. The molecule has 21 heavy (non-hydrogen) atoms. The molecule has 0 bridgehead atoms. The van der Waals surface area contributed by atoms with Crippen LogP contribution in [0.15, 0.2) is 11.6 Å². The average molecular weight is 290 g/mol. The molecule has 2 aliphatic heterocycles. The zero-order valence-corrected chi connectivity index (χ0v) is 13.0. The molecule has 0 unspecified atom stereocenters. The highest BCUT2D eigenvalue weighted by Crippen LogP contribution is 2.21. The lowest BCUT2D eigenvalue weighted by molar-refractivity contribution is -0.127. The molecule has 2 aliphatic rings. The van der Waals surface area contributed by atoms with E-state index in [1.165, 1.54) is 0 Å². The third kappa shape index (κ3) is 4.05. The van der Waals surface area contributed by atoms with Crippen LogP contribution in [0, 0.1) is 17.8 Å². The molecule has 1 radical (unpaired) electrons. The van der Waals surface area contributed by atoms with Crippen molar-refractivity contribution < 1.29 is 9.53 Å². The summed E-state index contributed by atoms with van der Waals surface area (Å²) in [7, 11) is 0. The summed E-state index contributed by atoms with van der Waals surface area (Å²) in [5, 5.41) is 9.37. The third-order valence-electron chi connectivity index (χ3n) is 4.15. The number of piperidine rings is 1. The fourth-order valence-electron chi connectivity index (χ4n) is 2.85. The highest BCUT2D eigenvalue weighted by atomic mass is 16.5. The van der Waals surface area contributed by atoms with Crippen molar-refractivity contribution in [2.75, 3.05) is 39.4 Å². The summed E-state index contributed by atoms with van der Waals surface area (Å²) < 4.78 is 5.36. The Hall–Kier alpha value is -1.38. The number of hydrogen-bond donors (Lipinski definition) is 0. The lowest BCUT2D eigenvalue weighted by Gasteiger charge is -2.39. The molecule has 0 aromatic heterocycles. The molecule has 0 atom stereocenters. The van der Waals surface area contributed by atoms with Gasteiger partial charge in [-0.1, -0.05) is 0 Å². The Bertz CT molecular complexity index is 439. The molecule has 0 aliphatic carbocycles. The minimum Gasteiger partial charge on any atom is -0.379 e. The standard InChI is InChI=1S/C16H24N3O2/c1-16(2,19-8-10-21-11-9-19)12-14(13-17)15(20)18-6-4-3-5-7-18/h4,12H,3,5-11H2,1-2H3. The van der Waals surface area contributed by atoms with Crippen molar-refractivity contribution in [1.82, 2.24) is 9.80 Å². The lowest BCUT2D eigenvalue weighted by atomic mass is 9.97. The molecule has 0 aromatic carbocycles. The summed E-state index contributed by atoms with van der Waals surface area (Å²) in [5.74, 6) is -0.144. The van der Waals surface area contributed by atoms with Crippen LogP contribution in [-0.4, -0.2) is 60.6 Å². The van der Waals surface area contributed by atoms with Crippen LogP contribution in [-0.2, 0) is 9.53 Å². The van der Waals surface area contributed by atoms with Crippen molar-refractivity contribution >= 4 is 5.91 Å². The van der Waals surface area contributed by atoms with E-state index in [1.54, 1.807) is 4.90 Å². The summed E-state index contributed by atoms with van der Waals surface area (Å²) >= 11 is 0. The summed E-state index contributed by atoms with van der Waals surface area (Å²) in [6.07, 6.45) is 5.95. The van der Waals surface area contributed by atoms with Gasteiger partial charge in [0.25, 0.3) is 5.91 Å². The molecule has 115 valence electrons. The Labute approximate surface area is 127 Å². The van der Waals surface area contributed by atoms with Gasteiger partial charge in [-0.05, 0) is 39.2 Å². The predicted octanol–water partition coefficient (Wildman–Crippen LogP) is 1.37. The second-order valence-corrected chi connectivity index (χ2v) is 6.10. The molecule has 0 spiro atoms. The zero-order chi connectivity index (χ0) is 15.3. The molecule has 2 saturated heterocycles. The molecule has 5 heteroatoms. The van der Waals surface area contributed by atoms with E-state index in [1.807, 2.05) is 19.9 Å². The van der Waals surface area contributed by atoms with Gasteiger partial charge in [-0.25, -0.2) is 0 Å². The van der Waals surface area contributed by atoms with Crippen molar-refractivity contribution in [2.45, 2.75) is 32.2 Å². The van der Waals surface area contributed by atoms with Gasteiger partial charge in [0, 0.05) is 31.7 Å². The molecular formula is C16H24N3O2.